The molecular formula is C13H27NO2. The molecule has 0 aromatic rings. The van der Waals surface area contributed by atoms with E-state index in [2.05, 4.69) is 32.8 Å². The van der Waals surface area contributed by atoms with Gasteiger partial charge in [-0.3, -0.25) is 4.79 Å². The Bertz CT molecular complexity index is 204. The third kappa shape index (κ3) is 4.52. The number of hydrogen-bond donors (Lipinski definition) is 0. The van der Waals surface area contributed by atoms with Crippen LogP contribution < -0.4 is 0 Å². The lowest BCUT2D eigenvalue weighted by atomic mass is 9.85. The van der Waals surface area contributed by atoms with E-state index in [1.54, 1.807) is 0 Å². The molecule has 1 atom stereocenters. The van der Waals surface area contributed by atoms with Gasteiger partial charge in [-0.1, -0.05) is 26.7 Å². The molecule has 0 spiro atoms. The zero-order chi connectivity index (χ0) is 12.6. The van der Waals surface area contributed by atoms with Gasteiger partial charge < -0.3 is 9.64 Å². The largest absolute Gasteiger partial charge is 0.466 e. The van der Waals surface area contributed by atoms with Crippen LogP contribution in [0.4, 0.5) is 0 Å². The van der Waals surface area contributed by atoms with Crippen molar-refractivity contribution in [2.24, 2.45) is 0 Å². The molecule has 0 bridgehead atoms. The summed E-state index contributed by atoms with van der Waals surface area (Å²) < 4.78 is 5.06. The highest BCUT2D eigenvalue weighted by Gasteiger charge is 2.33. The summed E-state index contributed by atoms with van der Waals surface area (Å²) in [6.45, 7) is 6.66. The summed E-state index contributed by atoms with van der Waals surface area (Å²) in [6, 6.07) is 0. The smallest absolute Gasteiger partial charge is 0.307 e. The van der Waals surface area contributed by atoms with Crippen LogP contribution in [0.15, 0.2) is 0 Å². The first-order chi connectivity index (χ1) is 7.52. The van der Waals surface area contributed by atoms with E-state index in [1.807, 2.05) is 6.92 Å². The Morgan fingerprint density at radius 3 is 2.25 bits per heavy atom. The Labute approximate surface area is 100 Å². The van der Waals surface area contributed by atoms with Gasteiger partial charge in [-0.15, -0.1) is 0 Å². The number of carbonyl (C=O) groups excluding carboxylic acids is 1. The molecule has 0 radical (unpaired) electrons. The number of hydrogen-bond acceptors (Lipinski definition) is 3. The molecule has 0 aliphatic carbocycles. The van der Waals surface area contributed by atoms with Crippen molar-refractivity contribution in [3.05, 3.63) is 0 Å². The Kier molecular flexibility index (Phi) is 7.39. The molecule has 0 saturated carbocycles. The van der Waals surface area contributed by atoms with Gasteiger partial charge in [0.25, 0.3) is 0 Å². The Hall–Kier alpha value is -0.570. The summed E-state index contributed by atoms with van der Waals surface area (Å²) >= 11 is 0. The first kappa shape index (κ1) is 15.4. The monoisotopic (exact) mass is 229 g/mol. The Morgan fingerprint density at radius 1 is 1.25 bits per heavy atom. The summed E-state index contributed by atoms with van der Waals surface area (Å²) in [6.07, 6.45) is 4.87. The highest BCUT2D eigenvalue weighted by Crippen LogP contribution is 2.28. The van der Waals surface area contributed by atoms with Crippen molar-refractivity contribution in [2.45, 2.75) is 58.4 Å². The van der Waals surface area contributed by atoms with Crippen LogP contribution >= 0.6 is 0 Å². The minimum absolute atomic E-state index is 0.0255. The van der Waals surface area contributed by atoms with Crippen molar-refractivity contribution >= 4 is 5.97 Å². The van der Waals surface area contributed by atoms with E-state index in [9.17, 15) is 4.79 Å². The van der Waals surface area contributed by atoms with Gasteiger partial charge >= 0.3 is 5.97 Å². The molecule has 0 saturated heterocycles. The number of carbonyl (C=O) groups is 1. The van der Waals surface area contributed by atoms with Crippen LogP contribution in [0.3, 0.4) is 0 Å². The van der Waals surface area contributed by atoms with E-state index in [0.29, 0.717) is 13.0 Å². The van der Waals surface area contributed by atoms with Crippen LogP contribution in [0.2, 0.25) is 0 Å². The van der Waals surface area contributed by atoms with E-state index in [4.69, 9.17) is 4.74 Å². The molecule has 0 aromatic carbocycles. The molecular weight excluding hydrogens is 202 g/mol. The molecule has 16 heavy (non-hydrogen) atoms. The fourth-order valence-corrected chi connectivity index (χ4v) is 2.07. The van der Waals surface area contributed by atoms with Gasteiger partial charge in [0.05, 0.1) is 13.0 Å². The highest BCUT2D eigenvalue weighted by atomic mass is 16.5. The molecule has 0 aliphatic heterocycles. The minimum atomic E-state index is -0.0749. The third-order valence-corrected chi connectivity index (χ3v) is 3.38. The quantitative estimate of drug-likeness (QED) is 0.599. The number of rotatable bonds is 8. The third-order valence-electron chi connectivity index (χ3n) is 3.38. The van der Waals surface area contributed by atoms with E-state index < -0.39 is 0 Å². The molecule has 0 N–H and O–H groups in total. The normalized spacial score (nSPS) is 14.9. The lowest BCUT2D eigenvalue weighted by Crippen LogP contribution is -2.45. The number of ether oxygens (including phenoxy) is 1. The lowest BCUT2D eigenvalue weighted by Gasteiger charge is -2.38. The number of unbranched alkanes of at least 4 members (excludes halogenated alkanes) is 1. The van der Waals surface area contributed by atoms with Crippen LogP contribution in [0, 0.1) is 0 Å². The minimum Gasteiger partial charge on any atom is -0.466 e. The molecule has 3 nitrogen and oxygen atoms in total. The topological polar surface area (TPSA) is 29.5 Å². The number of esters is 1. The van der Waals surface area contributed by atoms with Gasteiger partial charge in [0.1, 0.15) is 0 Å². The van der Waals surface area contributed by atoms with Gasteiger partial charge in [0, 0.05) is 5.54 Å². The van der Waals surface area contributed by atoms with Crippen molar-refractivity contribution in [2.75, 3.05) is 20.7 Å². The van der Waals surface area contributed by atoms with E-state index in [0.717, 1.165) is 19.3 Å². The maximum atomic E-state index is 11.6. The zero-order valence-corrected chi connectivity index (χ0v) is 11.5. The van der Waals surface area contributed by atoms with E-state index in [1.165, 1.54) is 6.42 Å². The summed E-state index contributed by atoms with van der Waals surface area (Å²) in [5.74, 6) is -0.0749. The first-order valence-corrected chi connectivity index (χ1v) is 6.35. The van der Waals surface area contributed by atoms with Gasteiger partial charge in [-0.2, -0.15) is 0 Å². The average Bonchev–Trinajstić information content (AvgIpc) is 2.24. The van der Waals surface area contributed by atoms with Crippen LogP contribution in [0.5, 0.6) is 0 Å². The fraction of sp³-hybridized carbons (Fsp3) is 0.923. The zero-order valence-electron chi connectivity index (χ0n) is 11.5. The van der Waals surface area contributed by atoms with Crippen LogP contribution in [-0.2, 0) is 9.53 Å². The van der Waals surface area contributed by atoms with Crippen molar-refractivity contribution in [1.29, 1.82) is 0 Å². The Balaban J connectivity index is 4.55. The SMILES string of the molecule is CCCCC(CC)(CC(=O)OCC)N(C)C. The maximum Gasteiger partial charge on any atom is 0.307 e. The number of nitrogens with zero attached hydrogens (tertiary/aromatic N) is 1. The second kappa shape index (κ2) is 7.66. The van der Waals surface area contributed by atoms with Gasteiger partial charge in [-0.25, -0.2) is 0 Å². The maximum absolute atomic E-state index is 11.6. The second-order valence-electron chi connectivity index (χ2n) is 4.56. The summed E-state index contributed by atoms with van der Waals surface area (Å²) in [5, 5.41) is 0. The molecule has 0 heterocycles. The molecule has 0 rings (SSSR count). The second-order valence-corrected chi connectivity index (χ2v) is 4.56. The fourth-order valence-electron chi connectivity index (χ4n) is 2.07. The van der Waals surface area contributed by atoms with Crippen molar-refractivity contribution in [1.82, 2.24) is 4.90 Å². The molecule has 0 amide bonds. The standard InChI is InChI=1S/C13H27NO2/c1-6-9-10-13(7-2,14(4)5)11-12(15)16-8-3/h6-11H2,1-5H3. The van der Waals surface area contributed by atoms with Crippen LogP contribution in [-0.4, -0.2) is 37.1 Å². The predicted octanol–water partition coefficient (Wildman–Crippen LogP) is 2.84. The van der Waals surface area contributed by atoms with Crippen molar-refractivity contribution in [3.63, 3.8) is 0 Å². The molecule has 0 fully saturated rings. The predicted molar refractivity (Wildman–Crippen MR) is 67.5 cm³/mol. The molecule has 96 valence electrons. The molecule has 3 heteroatoms. The van der Waals surface area contributed by atoms with Crippen molar-refractivity contribution < 1.29 is 9.53 Å². The van der Waals surface area contributed by atoms with Gasteiger partial charge in [0.2, 0.25) is 0 Å². The summed E-state index contributed by atoms with van der Waals surface area (Å²) in [5.41, 5.74) is -0.0255. The summed E-state index contributed by atoms with van der Waals surface area (Å²) in [4.78, 5) is 13.8. The lowest BCUT2D eigenvalue weighted by molar-refractivity contribution is -0.146. The van der Waals surface area contributed by atoms with Crippen LogP contribution in [0.25, 0.3) is 0 Å². The van der Waals surface area contributed by atoms with E-state index >= 15 is 0 Å². The average molecular weight is 229 g/mol. The molecule has 0 aromatic heterocycles. The molecule has 1 unspecified atom stereocenters. The van der Waals surface area contributed by atoms with Crippen molar-refractivity contribution in [3.8, 4) is 0 Å². The first-order valence-electron chi connectivity index (χ1n) is 6.35. The highest BCUT2D eigenvalue weighted by molar-refractivity contribution is 5.70. The summed E-state index contributed by atoms with van der Waals surface area (Å²) in [7, 11) is 4.11. The van der Waals surface area contributed by atoms with Crippen LogP contribution in [0.1, 0.15) is 52.9 Å². The van der Waals surface area contributed by atoms with Gasteiger partial charge in [-0.05, 0) is 33.9 Å². The Morgan fingerprint density at radius 2 is 1.88 bits per heavy atom. The molecule has 0 aliphatic rings. The van der Waals surface area contributed by atoms with Gasteiger partial charge in [0.15, 0.2) is 0 Å². The van der Waals surface area contributed by atoms with E-state index in [-0.39, 0.29) is 11.5 Å².